The SMILES string of the molecule is Cc1cc(Br)c(NC(=O)C(CN)CC(C)(C)C)cc1Cl. The van der Waals surface area contributed by atoms with E-state index < -0.39 is 0 Å². The zero-order valence-corrected chi connectivity index (χ0v) is 14.7. The van der Waals surface area contributed by atoms with Gasteiger partial charge in [0.15, 0.2) is 0 Å². The fourth-order valence-corrected chi connectivity index (χ4v) is 2.72. The number of aryl methyl sites for hydroxylation is 1. The van der Waals surface area contributed by atoms with E-state index in [1.807, 2.05) is 13.0 Å². The number of nitrogens with two attached hydrogens (primary N) is 1. The molecule has 1 aromatic carbocycles. The van der Waals surface area contributed by atoms with Crippen molar-refractivity contribution >= 4 is 39.1 Å². The Morgan fingerprint density at radius 2 is 2.05 bits per heavy atom. The molecule has 3 N–H and O–H groups in total. The third-order valence-electron chi connectivity index (χ3n) is 3.02. The Hall–Kier alpha value is -0.580. The van der Waals surface area contributed by atoms with E-state index in [9.17, 15) is 4.79 Å². The third-order valence-corrected chi connectivity index (χ3v) is 4.08. The van der Waals surface area contributed by atoms with E-state index in [1.54, 1.807) is 6.07 Å². The lowest BCUT2D eigenvalue weighted by atomic mass is 9.84. The summed E-state index contributed by atoms with van der Waals surface area (Å²) in [5.74, 6) is -0.273. The van der Waals surface area contributed by atoms with Gasteiger partial charge in [0.25, 0.3) is 0 Å². The molecular formula is C15H22BrClN2O. The van der Waals surface area contributed by atoms with Crippen molar-refractivity contribution in [2.75, 3.05) is 11.9 Å². The Morgan fingerprint density at radius 1 is 1.45 bits per heavy atom. The first-order chi connectivity index (χ1) is 9.14. The van der Waals surface area contributed by atoms with Crippen LogP contribution in [0.15, 0.2) is 16.6 Å². The number of halogens is 2. The molecule has 0 aliphatic rings. The van der Waals surface area contributed by atoms with Gasteiger partial charge in [-0.05, 0) is 52.4 Å². The largest absolute Gasteiger partial charge is 0.330 e. The maximum Gasteiger partial charge on any atom is 0.228 e. The Morgan fingerprint density at radius 3 is 2.55 bits per heavy atom. The molecule has 20 heavy (non-hydrogen) atoms. The number of benzene rings is 1. The van der Waals surface area contributed by atoms with Crippen LogP contribution in [0, 0.1) is 18.3 Å². The number of rotatable bonds is 4. The molecule has 0 radical (unpaired) electrons. The van der Waals surface area contributed by atoms with E-state index in [0.29, 0.717) is 17.3 Å². The fraction of sp³-hybridized carbons (Fsp3) is 0.533. The van der Waals surface area contributed by atoms with E-state index >= 15 is 0 Å². The summed E-state index contributed by atoms with van der Waals surface area (Å²) in [5.41, 5.74) is 7.43. The minimum absolute atomic E-state index is 0.0591. The van der Waals surface area contributed by atoms with Crippen LogP contribution in [0.25, 0.3) is 0 Å². The Balaban J connectivity index is 2.86. The third kappa shape index (κ3) is 5.08. The second-order valence-corrected chi connectivity index (χ2v) is 7.53. The highest BCUT2D eigenvalue weighted by Gasteiger charge is 2.24. The van der Waals surface area contributed by atoms with Crippen LogP contribution >= 0.6 is 27.5 Å². The molecule has 0 bridgehead atoms. The average molecular weight is 362 g/mol. The zero-order valence-electron chi connectivity index (χ0n) is 12.4. The van der Waals surface area contributed by atoms with Crippen molar-refractivity contribution in [1.82, 2.24) is 0 Å². The van der Waals surface area contributed by atoms with Crippen LogP contribution in [-0.4, -0.2) is 12.5 Å². The number of nitrogens with one attached hydrogen (secondary N) is 1. The van der Waals surface area contributed by atoms with Gasteiger partial charge in [-0.15, -0.1) is 0 Å². The predicted octanol–water partition coefficient (Wildman–Crippen LogP) is 4.36. The van der Waals surface area contributed by atoms with E-state index in [1.165, 1.54) is 0 Å². The first-order valence-corrected chi connectivity index (χ1v) is 7.77. The zero-order chi connectivity index (χ0) is 15.5. The molecule has 0 saturated heterocycles. The molecule has 0 aliphatic carbocycles. The molecule has 3 nitrogen and oxygen atoms in total. The second kappa shape index (κ2) is 6.92. The summed E-state index contributed by atoms with van der Waals surface area (Å²) in [6.07, 6.45) is 0.743. The molecule has 1 unspecified atom stereocenters. The van der Waals surface area contributed by atoms with Gasteiger partial charge in [-0.25, -0.2) is 0 Å². The lowest BCUT2D eigenvalue weighted by Crippen LogP contribution is -2.32. The highest BCUT2D eigenvalue weighted by atomic mass is 79.9. The molecule has 0 aliphatic heterocycles. The van der Waals surface area contributed by atoms with Crippen molar-refractivity contribution in [3.05, 3.63) is 27.2 Å². The van der Waals surface area contributed by atoms with Crippen LogP contribution < -0.4 is 11.1 Å². The van der Waals surface area contributed by atoms with Crippen LogP contribution in [0.3, 0.4) is 0 Å². The summed E-state index contributed by atoms with van der Waals surface area (Å²) in [4.78, 5) is 12.3. The van der Waals surface area contributed by atoms with Gasteiger partial charge in [-0.1, -0.05) is 32.4 Å². The minimum Gasteiger partial charge on any atom is -0.330 e. The van der Waals surface area contributed by atoms with Gasteiger partial charge in [0.1, 0.15) is 0 Å². The van der Waals surface area contributed by atoms with Crippen molar-refractivity contribution in [2.24, 2.45) is 17.1 Å². The lowest BCUT2D eigenvalue weighted by molar-refractivity contribution is -0.120. The first-order valence-electron chi connectivity index (χ1n) is 6.60. The molecule has 0 fully saturated rings. The maximum atomic E-state index is 12.3. The Labute approximate surface area is 134 Å². The molecule has 0 aromatic heterocycles. The van der Waals surface area contributed by atoms with Crippen molar-refractivity contribution in [3.63, 3.8) is 0 Å². The van der Waals surface area contributed by atoms with Crippen molar-refractivity contribution in [3.8, 4) is 0 Å². The average Bonchev–Trinajstić information content (AvgIpc) is 2.31. The quantitative estimate of drug-likeness (QED) is 0.837. The molecule has 1 rings (SSSR count). The van der Waals surface area contributed by atoms with Crippen molar-refractivity contribution < 1.29 is 4.79 Å². The first kappa shape index (κ1) is 17.5. The monoisotopic (exact) mass is 360 g/mol. The van der Waals surface area contributed by atoms with Crippen LogP contribution in [0.1, 0.15) is 32.8 Å². The van der Waals surface area contributed by atoms with Gasteiger partial charge in [-0.3, -0.25) is 4.79 Å². The highest BCUT2D eigenvalue weighted by Crippen LogP contribution is 2.30. The van der Waals surface area contributed by atoms with Gasteiger partial charge < -0.3 is 11.1 Å². The van der Waals surface area contributed by atoms with E-state index in [4.69, 9.17) is 17.3 Å². The number of hydrogen-bond acceptors (Lipinski definition) is 2. The summed E-state index contributed by atoms with van der Waals surface area (Å²) in [7, 11) is 0. The summed E-state index contributed by atoms with van der Waals surface area (Å²) in [6, 6.07) is 3.64. The molecule has 0 spiro atoms. The van der Waals surface area contributed by atoms with Gasteiger partial charge in [0.2, 0.25) is 5.91 Å². The van der Waals surface area contributed by atoms with Gasteiger partial charge >= 0.3 is 0 Å². The van der Waals surface area contributed by atoms with Crippen molar-refractivity contribution in [2.45, 2.75) is 34.1 Å². The topological polar surface area (TPSA) is 55.1 Å². The van der Waals surface area contributed by atoms with E-state index in [2.05, 4.69) is 42.0 Å². The minimum atomic E-state index is -0.207. The van der Waals surface area contributed by atoms with E-state index in [-0.39, 0.29) is 17.2 Å². The Bertz CT molecular complexity index is 497. The van der Waals surface area contributed by atoms with E-state index in [0.717, 1.165) is 16.5 Å². The smallest absolute Gasteiger partial charge is 0.228 e. The van der Waals surface area contributed by atoms with Gasteiger partial charge in [-0.2, -0.15) is 0 Å². The molecule has 1 atom stereocenters. The summed E-state index contributed by atoms with van der Waals surface area (Å²) in [6.45, 7) is 8.55. The summed E-state index contributed by atoms with van der Waals surface area (Å²) >= 11 is 9.53. The molecule has 1 aromatic rings. The van der Waals surface area contributed by atoms with Gasteiger partial charge in [0, 0.05) is 16.0 Å². The van der Waals surface area contributed by atoms with Crippen LogP contribution in [0.2, 0.25) is 5.02 Å². The number of carbonyl (C=O) groups excluding carboxylic acids is 1. The standard InChI is InChI=1S/C15H22BrClN2O/c1-9-5-11(16)13(6-12(9)17)19-14(20)10(8-18)7-15(2,3)4/h5-6,10H,7-8,18H2,1-4H3,(H,19,20). The number of anilines is 1. The molecule has 112 valence electrons. The Kier molecular flexibility index (Phi) is 6.05. The van der Waals surface area contributed by atoms with Crippen LogP contribution in [-0.2, 0) is 4.79 Å². The maximum absolute atomic E-state index is 12.3. The number of hydrogen-bond donors (Lipinski definition) is 2. The highest BCUT2D eigenvalue weighted by molar-refractivity contribution is 9.10. The summed E-state index contributed by atoms with van der Waals surface area (Å²) in [5, 5.41) is 3.53. The summed E-state index contributed by atoms with van der Waals surface area (Å²) < 4.78 is 0.819. The fourth-order valence-electron chi connectivity index (χ4n) is 2.00. The van der Waals surface area contributed by atoms with Gasteiger partial charge in [0.05, 0.1) is 11.6 Å². The molecule has 0 saturated carbocycles. The number of amides is 1. The van der Waals surface area contributed by atoms with Crippen LogP contribution in [0.4, 0.5) is 5.69 Å². The lowest BCUT2D eigenvalue weighted by Gasteiger charge is -2.24. The molecule has 0 heterocycles. The molecule has 5 heteroatoms. The molecular weight excluding hydrogens is 340 g/mol. The predicted molar refractivity (Wildman–Crippen MR) is 89.1 cm³/mol. The van der Waals surface area contributed by atoms with Crippen LogP contribution in [0.5, 0.6) is 0 Å². The number of carbonyl (C=O) groups is 1. The van der Waals surface area contributed by atoms with Crippen molar-refractivity contribution in [1.29, 1.82) is 0 Å². The second-order valence-electron chi connectivity index (χ2n) is 6.27. The normalized spacial score (nSPS) is 13.2. The molecule has 1 amide bonds.